The first-order valence-corrected chi connectivity index (χ1v) is 13.3. The summed E-state index contributed by atoms with van der Waals surface area (Å²) in [5.74, 6) is -2.90. The van der Waals surface area contributed by atoms with E-state index >= 15 is 0 Å². The number of carbonyl (C=O) groups excluding carboxylic acids is 1. The predicted molar refractivity (Wildman–Crippen MR) is 145 cm³/mol. The summed E-state index contributed by atoms with van der Waals surface area (Å²) in [6, 6.07) is 8.35. The fraction of sp³-hybridized carbons (Fsp3) is 0.433. The highest BCUT2D eigenvalue weighted by molar-refractivity contribution is 5.95. The molecule has 1 aromatic heterocycles. The van der Waals surface area contributed by atoms with Gasteiger partial charge in [-0.15, -0.1) is 0 Å². The molecule has 8 heteroatoms. The van der Waals surface area contributed by atoms with Crippen molar-refractivity contribution in [3.05, 3.63) is 87.8 Å². The van der Waals surface area contributed by atoms with Gasteiger partial charge in [-0.3, -0.25) is 14.8 Å². The van der Waals surface area contributed by atoms with E-state index in [0.29, 0.717) is 35.3 Å². The number of aryl methyl sites for hydroxylation is 1. The van der Waals surface area contributed by atoms with Gasteiger partial charge in [-0.2, -0.15) is 0 Å². The van der Waals surface area contributed by atoms with Gasteiger partial charge in [0.25, 0.3) is 11.8 Å². The first-order chi connectivity index (χ1) is 18.2. The van der Waals surface area contributed by atoms with Crippen molar-refractivity contribution in [1.82, 2.24) is 10.3 Å². The number of halogens is 2. The molecule has 2 N–H and O–H groups in total. The van der Waals surface area contributed by atoms with Crippen molar-refractivity contribution < 1.29 is 18.3 Å². The number of hydrogen-bond acceptors (Lipinski definition) is 5. The molecular weight excluding hydrogens is 486 g/mol. The molecule has 0 saturated carbocycles. The van der Waals surface area contributed by atoms with E-state index < -0.39 is 5.92 Å². The third kappa shape index (κ3) is 7.81. The van der Waals surface area contributed by atoms with Crippen LogP contribution in [0.15, 0.2) is 65.1 Å². The Morgan fingerprint density at radius 3 is 2.74 bits per heavy atom. The third-order valence-corrected chi connectivity index (χ3v) is 6.44. The van der Waals surface area contributed by atoms with Crippen LogP contribution in [0.25, 0.3) is 0 Å². The highest BCUT2D eigenvalue weighted by Crippen LogP contribution is 2.30. The molecule has 0 spiro atoms. The second-order valence-corrected chi connectivity index (χ2v) is 10.2. The van der Waals surface area contributed by atoms with Gasteiger partial charge < -0.3 is 15.4 Å². The topological polar surface area (TPSA) is 75.6 Å². The van der Waals surface area contributed by atoms with E-state index in [2.05, 4.69) is 26.7 Å². The zero-order valence-electron chi connectivity index (χ0n) is 22.3. The van der Waals surface area contributed by atoms with Crippen molar-refractivity contribution in [2.75, 3.05) is 18.5 Å². The number of alkyl halides is 2. The van der Waals surface area contributed by atoms with Gasteiger partial charge in [0.2, 0.25) is 0 Å². The van der Waals surface area contributed by atoms with E-state index in [0.717, 1.165) is 57.1 Å². The standard InChI is InChI=1S/C30H36F2N4O2/c1-20(2)34-26-16-22-9-4-10-28(35-27(22)18-24(17-26)30(3,31)32)36-29(37)23-11-12-25(33-19-23)15-21-7-5-13-38-14-6-8-21/h7,10-12,16-20,35H,4-6,8-9,13-15H2,1-3H3,(H,36,37). The molecule has 2 aliphatic heterocycles. The number of hydrogen-bond donors (Lipinski definition) is 2. The summed E-state index contributed by atoms with van der Waals surface area (Å²) in [5.41, 5.74) is 3.95. The number of nitrogens with one attached hydrogen (secondary N) is 2. The summed E-state index contributed by atoms with van der Waals surface area (Å²) in [5, 5.41) is 6.56. The minimum absolute atomic E-state index is 0.0267. The third-order valence-electron chi connectivity index (χ3n) is 6.44. The van der Waals surface area contributed by atoms with Crippen LogP contribution in [-0.2, 0) is 23.5 Å². The minimum Gasteiger partial charge on any atom is -0.381 e. The second-order valence-electron chi connectivity index (χ2n) is 10.2. The molecule has 0 unspecified atom stereocenters. The highest BCUT2D eigenvalue weighted by atomic mass is 19.3. The minimum atomic E-state index is -3.04. The number of aromatic nitrogens is 1. The van der Waals surface area contributed by atoms with Gasteiger partial charge in [-0.25, -0.2) is 8.78 Å². The van der Waals surface area contributed by atoms with E-state index in [-0.39, 0.29) is 17.5 Å². The van der Waals surface area contributed by atoms with E-state index in [1.807, 2.05) is 32.1 Å². The van der Waals surface area contributed by atoms with Crippen molar-refractivity contribution in [2.45, 2.75) is 71.3 Å². The van der Waals surface area contributed by atoms with Crippen molar-refractivity contribution >= 4 is 11.6 Å². The van der Waals surface area contributed by atoms with E-state index in [1.54, 1.807) is 12.3 Å². The van der Waals surface area contributed by atoms with Crippen LogP contribution in [-0.4, -0.2) is 30.1 Å². The van der Waals surface area contributed by atoms with Gasteiger partial charge in [0.1, 0.15) is 5.82 Å². The monoisotopic (exact) mass is 522 g/mol. The maximum atomic E-state index is 14.4. The fourth-order valence-corrected chi connectivity index (χ4v) is 4.55. The molecule has 0 fully saturated rings. The summed E-state index contributed by atoms with van der Waals surface area (Å²) in [6.45, 7) is 6.24. The summed E-state index contributed by atoms with van der Waals surface area (Å²) in [6.07, 6.45) is 10.6. The van der Waals surface area contributed by atoms with Crippen LogP contribution >= 0.6 is 0 Å². The molecule has 0 aliphatic carbocycles. The molecule has 0 saturated heterocycles. The lowest BCUT2D eigenvalue weighted by molar-refractivity contribution is 0.0175. The van der Waals surface area contributed by atoms with E-state index in [1.165, 1.54) is 17.7 Å². The Hall–Kier alpha value is -3.39. The Balaban J connectivity index is 1.49. The van der Waals surface area contributed by atoms with Gasteiger partial charge in [0.15, 0.2) is 0 Å². The highest BCUT2D eigenvalue weighted by Gasteiger charge is 2.25. The van der Waals surface area contributed by atoms with Crippen LogP contribution in [0, 0.1) is 0 Å². The number of amides is 1. The van der Waals surface area contributed by atoms with Crippen LogP contribution in [0.3, 0.4) is 0 Å². The molecular formula is C30H36F2N4O2. The second kappa shape index (κ2) is 12.4. The molecule has 1 aromatic carbocycles. The van der Waals surface area contributed by atoms with Gasteiger partial charge in [-0.1, -0.05) is 11.6 Å². The van der Waals surface area contributed by atoms with E-state index in [9.17, 15) is 13.6 Å². The van der Waals surface area contributed by atoms with Crippen molar-refractivity contribution in [2.24, 2.45) is 4.99 Å². The van der Waals surface area contributed by atoms with Crippen LogP contribution in [0.1, 0.15) is 73.6 Å². The zero-order chi connectivity index (χ0) is 27.1. The molecule has 0 radical (unpaired) electrons. The molecule has 1 amide bonds. The van der Waals surface area contributed by atoms with Crippen LogP contribution in [0.4, 0.5) is 14.5 Å². The Morgan fingerprint density at radius 1 is 1.16 bits per heavy atom. The fourth-order valence-electron chi connectivity index (χ4n) is 4.55. The molecule has 6 nitrogen and oxygen atoms in total. The van der Waals surface area contributed by atoms with Crippen molar-refractivity contribution in [3.8, 4) is 0 Å². The molecule has 0 atom stereocenters. The molecule has 202 valence electrons. The maximum absolute atomic E-state index is 14.4. The maximum Gasteiger partial charge on any atom is 0.270 e. The molecule has 38 heavy (non-hydrogen) atoms. The summed E-state index contributed by atoms with van der Waals surface area (Å²) >= 11 is 0. The number of pyridine rings is 1. The molecule has 4 rings (SSSR count). The quantitative estimate of drug-likeness (QED) is 0.470. The van der Waals surface area contributed by atoms with Crippen LogP contribution in [0.5, 0.6) is 0 Å². The van der Waals surface area contributed by atoms with Crippen LogP contribution < -0.4 is 16.0 Å². The number of carbonyl (C=O) groups is 1. The zero-order valence-corrected chi connectivity index (χ0v) is 22.3. The first kappa shape index (κ1) is 27.6. The van der Waals surface area contributed by atoms with Crippen molar-refractivity contribution in [1.29, 1.82) is 0 Å². The summed E-state index contributed by atoms with van der Waals surface area (Å²) in [7, 11) is 0. The van der Waals surface area contributed by atoms with Crippen LogP contribution in [0.2, 0.25) is 0 Å². The van der Waals surface area contributed by atoms with Gasteiger partial charge in [0.05, 0.1) is 17.5 Å². The molecule has 0 bridgehead atoms. The average molecular weight is 523 g/mol. The van der Waals surface area contributed by atoms with Gasteiger partial charge in [-0.05, 0) is 87.9 Å². The summed E-state index contributed by atoms with van der Waals surface area (Å²) in [4.78, 5) is 22.0. The number of rotatable bonds is 6. The number of allylic oxidation sites excluding steroid dienone is 2. The molecule has 2 aromatic rings. The summed E-state index contributed by atoms with van der Waals surface area (Å²) < 4.78 is 34.3. The van der Waals surface area contributed by atoms with E-state index in [4.69, 9.17) is 4.74 Å². The lowest BCUT2D eigenvalue weighted by atomic mass is 10.0. The van der Waals surface area contributed by atoms with Gasteiger partial charge in [0, 0.05) is 49.1 Å². The Bertz CT molecular complexity index is 1280. The predicted octanol–water partition coefficient (Wildman–Crippen LogP) is 5.80. The number of nitrogens with zero attached hydrogens (tertiary/aromatic N) is 2. The smallest absolute Gasteiger partial charge is 0.270 e. The average Bonchev–Trinajstić information content (AvgIpc) is 3.11. The lowest BCUT2D eigenvalue weighted by Crippen LogP contribution is -2.27. The Labute approximate surface area is 222 Å². The number of fused-ring (bicyclic) bond motifs is 1. The number of anilines is 1. The molecule has 3 heterocycles. The largest absolute Gasteiger partial charge is 0.381 e. The lowest BCUT2D eigenvalue weighted by Gasteiger charge is -2.14. The molecule has 2 aliphatic rings. The SMILES string of the molecule is CC(C)N=c1cc(C(C)(F)F)cc2c(c1)CCC=C(NC(=O)c1ccc(CC3=CCCOCCC3)nc1)N2. The van der Waals surface area contributed by atoms with Crippen molar-refractivity contribution in [3.63, 3.8) is 0 Å². The normalized spacial score (nSPS) is 16.8. The Morgan fingerprint density at radius 2 is 2.00 bits per heavy atom. The Kier molecular flexibility index (Phi) is 9.05. The number of ether oxygens (including phenoxy) is 1. The first-order valence-electron chi connectivity index (χ1n) is 13.3. The van der Waals surface area contributed by atoms with Gasteiger partial charge >= 0.3 is 0 Å².